The van der Waals surface area contributed by atoms with Crippen LogP contribution in [0, 0.1) is 11.7 Å². The van der Waals surface area contributed by atoms with Gasteiger partial charge in [-0.3, -0.25) is 4.90 Å². The summed E-state index contributed by atoms with van der Waals surface area (Å²) >= 11 is 6.13. The summed E-state index contributed by atoms with van der Waals surface area (Å²) in [6, 6.07) is 4.68. The number of hydrogen-bond donors (Lipinski definition) is 1. The lowest BCUT2D eigenvalue weighted by Crippen LogP contribution is -2.25. The summed E-state index contributed by atoms with van der Waals surface area (Å²) < 4.78 is 13.3. The fraction of sp³-hybridized carbons (Fsp3) is 0.500. The third-order valence-corrected chi connectivity index (χ3v) is 3.70. The van der Waals surface area contributed by atoms with E-state index < -0.39 is 0 Å². The molecule has 1 aliphatic heterocycles. The Morgan fingerprint density at radius 1 is 1.56 bits per heavy atom. The summed E-state index contributed by atoms with van der Waals surface area (Å²) in [5.41, 5.74) is 6.61. The van der Waals surface area contributed by atoms with Crippen molar-refractivity contribution < 1.29 is 4.39 Å². The first-order valence-corrected chi connectivity index (χ1v) is 5.86. The normalized spacial score (nSPS) is 26.2. The maximum atomic E-state index is 13.3. The zero-order chi connectivity index (χ0) is 11.7. The minimum atomic E-state index is -0.240. The molecule has 0 aliphatic carbocycles. The van der Waals surface area contributed by atoms with Crippen molar-refractivity contribution in [3.05, 3.63) is 34.6 Å². The second kappa shape index (κ2) is 4.70. The number of nitrogens with zero attached hydrogens (tertiary/aromatic N) is 1. The zero-order valence-corrected chi connectivity index (χ0v) is 10.0. The lowest BCUT2D eigenvalue weighted by Gasteiger charge is -2.25. The molecule has 0 bridgehead atoms. The molecule has 0 saturated carbocycles. The van der Waals surface area contributed by atoms with Crippen LogP contribution in [-0.2, 0) is 0 Å². The van der Waals surface area contributed by atoms with Crippen LogP contribution in [0.3, 0.4) is 0 Å². The van der Waals surface area contributed by atoms with Crippen LogP contribution in [0.1, 0.15) is 18.0 Å². The number of benzene rings is 1. The van der Waals surface area contributed by atoms with Gasteiger partial charge in [-0.25, -0.2) is 4.39 Å². The van der Waals surface area contributed by atoms with Crippen molar-refractivity contribution in [2.45, 2.75) is 12.5 Å². The Labute approximate surface area is 100 Å². The highest BCUT2D eigenvalue weighted by molar-refractivity contribution is 6.31. The van der Waals surface area contributed by atoms with E-state index in [0.29, 0.717) is 17.5 Å². The highest BCUT2D eigenvalue weighted by Crippen LogP contribution is 2.38. The molecule has 0 aromatic heterocycles. The quantitative estimate of drug-likeness (QED) is 0.863. The van der Waals surface area contributed by atoms with Crippen LogP contribution in [-0.4, -0.2) is 25.0 Å². The Morgan fingerprint density at radius 2 is 2.31 bits per heavy atom. The predicted molar refractivity (Wildman–Crippen MR) is 63.9 cm³/mol. The maximum absolute atomic E-state index is 13.3. The summed E-state index contributed by atoms with van der Waals surface area (Å²) in [4.78, 5) is 2.19. The standard InChI is InChI=1S/C12H16ClFN2/c1-16-5-4-8(7-15)12(16)10-6-9(14)2-3-11(10)13/h2-3,6,8,12H,4-5,7,15H2,1H3. The highest BCUT2D eigenvalue weighted by atomic mass is 35.5. The first kappa shape index (κ1) is 11.8. The van der Waals surface area contributed by atoms with Crippen LogP contribution in [0.25, 0.3) is 0 Å². The predicted octanol–water partition coefficient (Wildman–Crippen LogP) is 2.43. The topological polar surface area (TPSA) is 29.3 Å². The minimum absolute atomic E-state index is 0.146. The summed E-state index contributed by atoms with van der Waals surface area (Å²) in [5, 5.41) is 0.624. The Kier molecular flexibility index (Phi) is 3.47. The zero-order valence-electron chi connectivity index (χ0n) is 9.29. The lowest BCUT2D eigenvalue weighted by atomic mass is 9.94. The maximum Gasteiger partial charge on any atom is 0.123 e. The molecule has 1 aromatic rings. The largest absolute Gasteiger partial charge is 0.330 e. The average Bonchev–Trinajstić information content (AvgIpc) is 2.63. The Hall–Kier alpha value is -0.640. The van der Waals surface area contributed by atoms with Crippen molar-refractivity contribution in [3.63, 3.8) is 0 Å². The van der Waals surface area contributed by atoms with E-state index in [9.17, 15) is 4.39 Å². The van der Waals surface area contributed by atoms with Crippen molar-refractivity contribution in [1.29, 1.82) is 0 Å². The first-order valence-electron chi connectivity index (χ1n) is 5.48. The molecule has 2 rings (SSSR count). The van der Waals surface area contributed by atoms with Gasteiger partial charge in [0.25, 0.3) is 0 Å². The van der Waals surface area contributed by atoms with Crippen LogP contribution in [0.2, 0.25) is 5.02 Å². The van der Waals surface area contributed by atoms with Gasteiger partial charge in [-0.1, -0.05) is 11.6 Å². The SMILES string of the molecule is CN1CCC(CN)C1c1cc(F)ccc1Cl. The first-order chi connectivity index (χ1) is 7.63. The van der Waals surface area contributed by atoms with Crippen LogP contribution >= 0.6 is 11.6 Å². The summed E-state index contributed by atoms with van der Waals surface area (Å²) in [7, 11) is 2.03. The van der Waals surface area contributed by atoms with E-state index in [1.165, 1.54) is 12.1 Å². The third kappa shape index (κ3) is 2.08. The van der Waals surface area contributed by atoms with E-state index in [1.807, 2.05) is 7.05 Å². The minimum Gasteiger partial charge on any atom is -0.330 e. The molecule has 88 valence electrons. The van der Waals surface area contributed by atoms with E-state index in [4.69, 9.17) is 17.3 Å². The number of hydrogen-bond acceptors (Lipinski definition) is 2. The second-order valence-corrected chi connectivity index (χ2v) is 4.78. The molecule has 1 heterocycles. The number of halogens is 2. The summed E-state index contributed by atoms with van der Waals surface area (Å²) in [5.74, 6) is 0.125. The molecule has 0 spiro atoms. The Morgan fingerprint density at radius 3 is 3.00 bits per heavy atom. The molecule has 1 fully saturated rings. The van der Waals surface area contributed by atoms with Crippen LogP contribution in [0.4, 0.5) is 4.39 Å². The Balaban J connectivity index is 2.37. The molecule has 2 N–H and O–H groups in total. The van der Waals surface area contributed by atoms with E-state index in [0.717, 1.165) is 18.5 Å². The van der Waals surface area contributed by atoms with Crippen LogP contribution < -0.4 is 5.73 Å². The molecule has 16 heavy (non-hydrogen) atoms. The van der Waals surface area contributed by atoms with E-state index in [2.05, 4.69) is 4.90 Å². The van der Waals surface area contributed by atoms with Crippen molar-refractivity contribution in [2.24, 2.45) is 11.7 Å². The van der Waals surface area contributed by atoms with Crippen molar-refractivity contribution in [2.75, 3.05) is 20.1 Å². The third-order valence-electron chi connectivity index (χ3n) is 3.35. The van der Waals surface area contributed by atoms with E-state index >= 15 is 0 Å². The molecule has 2 atom stereocenters. The number of nitrogens with two attached hydrogens (primary N) is 1. The molecule has 4 heteroatoms. The molecular formula is C12H16ClFN2. The molecule has 1 saturated heterocycles. The van der Waals surface area contributed by atoms with E-state index in [1.54, 1.807) is 6.07 Å². The fourth-order valence-electron chi connectivity index (χ4n) is 2.51. The van der Waals surface area contributed by atoms with Gasteiger partial charge in [0.1, 0.15) is 5.82 Å². The Bertz CT molecular complexity index is 383. The second-order valence-electron chi connectivity index (χ2n) is 4.38. The number of likely N-dealkylation sites (tertiary alicyclic amines) is 1. The molecule has 1 aliphatic rings. The van der Waals surface area contributed by atoms with E-state index in [-0.39, 0.29) is 11.9 Å². The lowest BCUT2D eigenvalue weighted by molar-refractivity contribution is 0.279. The summed E-state index contributed by atoms with van der Waals surface area (Å²) in [6.45, 7) is 1.60. The van der Waals surface area contributed by atoms with Gasteiger partial charge < -0.3 is 5.73 Å². The average molecular weight is 243 g/mol. The van der Waals surface area contributed by atoms with Gasteiger partial charge in [0, 0.05) is 11.1 Å². The van der Waals surface area contributed by atoms with Crippen molar-refractivity contribution >= 4 is 11.6 Å². The molecular weight excluding hydrogens is 227 g/mol. The smallest absolute Gasteiger partial charge is 0.123 e. The summed E-state index contributed by atoms with van der Waals surface area (Å²) in [6.07, 6.45) is 1.05. The van der Waals surface area contributed by atoms with Gasteiger partial charge >= 0.3 is 0 Å². The number of rotatable bonds is 2. The van der Waals surface area contributed by atoms with Crippen LogP contribution in [0.5, 0.6) is 0 Å². The van der Waals surface area contributed by atoms with Gasteiger partial charge in [-0.15, -0.1) is 0 Å². The van der Waals surface area contributed by atoms with Gasteiger partial charge in [-0.2, -0.15) is 0 Å². The van der Waals surface area contributed by atoms with Gasteiger partial charge in [0.05, 0.1) is 0 Å². The van der Waals surface area contributed by atoms with Crippen molar-refractivity contribution in [3.8, 4) is 0 Å². The highest BCUT2D eigenvalue weighted by Gasteiger charge is 2.33. The fourth-order valence-corrected chi connectivity index (χ4v) is 2.74. The van der Waals surface area contributed by atoms with Crippen LogP contribution in [0.15, 0.2) is 18.2 Å². The van der Waals surface area contributed by atoms with Gasteiger partial charge in [-0.05, 0) is 56.2 Å². The monoisotopic (exact) mass is 242 g/mol. The molecule has 1 aromatic carbocycles. The molecule has 2 nitrogen and oxygen atoms in total. The van der Waals surface area contributed by atoms with Gasteiger partial charge in [0.15, 0.2) is 0 Å². The van der Waals surface area contributed by atoms with Crippen molar-refractivity contribution in [1.82, 2.24) is 4.90 Å². The molecule has 0 radical (unpaired) electrons. The molecule has 0 amide bonds. The van der Waals surface area contributed by atoms with Gasteiger partial charge in [0.2, 0.25) is 0 Å². The molecule has 2 unspecified atom stereocenters.